The topological polar surface area (TPSA) is 72.4 Å². The number of benzene rings is 1. The molecular weight excluding hydrogens is 449 g/mol. The van der Waals surface area contributed by atoms with Crippen LogP contribution in [0, 0.1) is 5.82 Å². The second-order valence-corrected chi connectivity index (χ2v) is 9.26. The number of aldehydes is 1. The lowest BCUT2D eigenvalue weighted by molar-refractivity contribution is -0.147. The molecule has 0 amide bonds. The summed E-state index contributed by atoms with van der Waals surface area (Å²) >= 11 is 5.76. The molecule has 0 saturated carbocycles. The summed E-state index contributed by atoms with van der Waals surface area (Å²) in [6.45, 7) is 0.881. The number of likely N-dealkylation sites (tertiary alicyclic amines) is 1. The van der Waals surface area contributed by atoms with E-state index in [4.69, 9.17) is 16.3 Å². The molecule has 0 radical (unpaired) electrons. The normalized spacial score (nSPS) is 19.4. The first-order valence-electron chi connectivity index (χ1n) is 9.06. The van der Waals surface area contributed by atoms with Gasteiger partial charge in [0.15, 0.2) is 5.15 Å². The van der Waals surface area contributed by atoms with E-state index in [1.54, 1.807) is 41.1 Å². The average molecular weight is 468 g/mol. The Balaban J connectivity index is 1.76. The van der Waals surface area contributed by atoms with Crippen molar-refractivity contribution in [3.8, 4) is 0 Å². The van der Waals surface area contributed by atoms with Crippen molar-refractivity contribution in [1.82, 2.24) is 15.1 Å². The van der Waals surface area contributed by atoms with E-state index in [2.05, 4.69) is 10.2 Å². The Morgan fingerprint density at radius 1 is 1.33 bits per heavy atom. The third-order valence-corrected chi connectivity index (χ3v) is 7.56. The lowest BCUT2D eigenvalue weighted by Crippen LogP contribution is -2.43. The molecule has 1 saturated heterocycles. The lowest BCUT2D eigenvalue weighted by Gasteiger charge is -2.37. The minimum atomic E-state index is -0.882. The summed E-state index contributed by atoms with van der Waals surface area (Å²) in [5, 5.41) is 8.90. The zero-order valence-corrected chi connectivity index (χ0v) is 18.4. The van der Waals surface area contributed by atoms with Crippen LogP contribution in [0.2, 0.25) is 5.15 Å². The number of aromatic nitrogens is 2. The molecule has 0 aliphatic carbocycles. The van der Waals surface area contributed by atoms with Gasteiger partial charge < -0.3 is 4.74 Å². The molecular formula is C20H19ClFN3O3S2. The predicted molar refractivity (Wildman–Crippen MR) is 116 cm³/mol. The van der Waals surface area contributed by atoms with Gasteiger partial charge in [-0.15, -0.1) is 10.2 Å². The van der Waals surface area contributed by atoms with Crippen molar-refractivity contribution < 1.29 is 18.7 Å². The Kier molecular flexibility index (Phi) is 8.26. The second kappa shape index (κ2) is 10.9. The summed E-state index contributed by atoms with van der Waals surface area (Å²) in [6, 6.07) is 8.71. The lowest BCUT2D eigenvalue weighted by atomic mass is 9.98. The number of piperidine rings is 1. The number of hydrogen-bond donors (Lipinski definition) is 0. The van der Waals surface area contributed by atoms with Crippen LogP contribution >= 0.6 is 33.2 Å². The SMILES string of the molecule is COC(=O)C(c1ccccc1F)N1CCC(SSc2ccc(Cl)nn2)/C(=C\C=O)C1. The number of allylic oxidation sites excluding steroid dienone is 1. The monoisotopic (exact) mass is 467 g/mol. The van der Waals surface area contributed by atoms with Crippen LogP contribution in [0.5, 0.6) is 0 Å². The van der Waals surface area contributed by atoms with Gasteiger partial charge in [0.2, 0.25) is 0 Å². The summed E-state index contributed by atoms with van der Waals surface area (Å²) in [5.41, 5.74) is 1.10. The van der Waals surface area contributed by atoms with Gasteiger partial charge in [0.05, 0.1) is 7.11 Å². The molecule has 0 N–H and O–H groups in total. The number of ether oxygens (including phenoxy) is 1. The summed E-state index contributed by atoms with van der Waals surface area (Å²) in [4.78, 5) is 25.6. The summed E-state index contributed by atoms with van der Waals surface area (Å²) in [6.07, 6.45) is 2.91. The first-order valence-corrected chi connectivity index (χ1v) is 11.7. The standard InChI is InChI=1S/C20H19ClFN3O3S2/c1-28-20(27)19(14-4-2-3-5-15(14)22)25-10-8-16(13(12-25)9-11-26)29-30-18-7-6-17(21)23-24-18/h2-7,9,11,16,19H,8,10,12H2,1H3/b13-9-. The van der Waals surface area contributed by atoms with Crippen molar-refractivity contribution in [1.29, 1.82) is 0 Å². The van der Waals surface area contributed by atoms with Gasteiger partial charge in [-0.1, -0.05) is 40.6 Å². The van der Waals surface area contributed by atoms with Crippen LogP contribution in [0.15, 0.2) is 53.1 Å². The van der Waals surface area contributed by atoms with Gasteiger partial charge in [0.1, 0.15) is 23.2 Å². The number of methoxy groups -OCH3 is 1. The van der Waals surface area contributed by atoms with Crippen LogP contribution in [0.25, 0.3) is 0 Å². The minimum absolute atomic E-state index is 0.0350. The highest BCUT2D eigenvalue weighted by Crippen LogP contribution is 2.41. The van der Waals surface area contributed by atoms with Crippen LogP contribution in [0.4, 0.5) is 4.39 Å². The van der Waals surface area contributed by atoms with E-state index in [9.17, 15) is 14.0 Å². The Morgan fingerprint density at radius 3 is 2.80 bits per heavy atom. The molecule has 2 heterocycles. The smallest absolute Gasteiger partial charge is 0.327 e. The van der Waals surface area contributed by atoms with Crippen LogP contribution in [0.3, 0.4) is 0 Å². The van der Waals surface area contributed by atoms with E-state index in [1.165, 1.54) is 30.0 Å². The maximum absolute atomic E-state index is 14.4. The average Bonchev–Trinajstić information content (AvgIpc) is 2.76. The van der Waals surface area contributed by atoms with Crippen LogP contribution in [-0.2, 0) is 14.3 Å². The van der Waals surface area contributed by atoms with E-state index < -0.39 is 17.8 Å². The van der Waals surface area contributed by atoms with E-state index in [0.29, 0.717) is 29.7 Å². The molecule has 158 valence electrons. The number of carbonyl (C=O) groups is 2. The van der Waals surface area contributed by atoms with Gasteiger partial charge in [-0.25, -0.2) is 9.18 Å². The fraction of sp³-hybridized carbons (Fsp3) is 0.300. The van der Waals surface area contributed by atoms with Crippen molar-refractivity contribution in [3.05, 3.63) is 64.6 Å². The molecule has 1 fully saturated rings. The molecule has 0 spiro atoms. The van der Waals surface area contributed by atoms with Crippen molar-refractivity contribution in [2.45, 2.75) is 22.7 Å². The number of hydrogen-bond acceptors (Lipinski definition) is 8. The van der Waals surface area contributed by atoms with E-state index in [0.717, 1.165) is 11.9 Å². The highest BCUT2D eigenvalue weighted by Gasteiger charge is 2.35. The van der Waals surface area contributed by atoms with Crippen molar-refractivity contribution in [2.24, 2.45) is 0 Å². The van der Waals surface area contributed by atoms with Gasteiger partial charge >= 0.3 is 5.97 Å². The molecule has 1 aliphatic rings. The summed E-state index contributed by atoms with van der Waals surface area (Å²) in [7, 11) is 4.28. The van der Waals surface area contributed by atoms with Gasteiger partial charge in [-0.3, -0.25) is 9.69 Å². The molecule has 6 nitrogen and oxygen atoms in total. The Labute approximate surface area is 186 Å². The van der Waals surface area contributed by atoms with E-state index in [-0.39, 0.29) is 10.8 Å². The Morgan fingerprint density at radius 2 is 2.13 bits per heavy atom. The maximum atomic E-state index is 14.4. The molecule has 1 aromatic carbocycles. The molecule has 1 aromatic heterocycles. The maximum Gasteiger partial charge on any atom is 0.327 e. The predicted octanol–water partition coefficient (Wildman–Crippen LogP) is 4.12. The minimum Gasteiger partial charge on any atom is -0.468 e. The number of rotatable bonds is 7. The highest BCUT2D eigenvalue weighted by atomic mass is 35.5. The highest BCUT2D eigenvalue weighted by molar-refractivity contribution is 8.77. The third-order valence-electron chi connectivity index (χ3n) is 4.61. The van der Waals surface area contributed by atoms with Gasteiger partial charge in [-0.2, -0.15) is 0 Å². The molecule has 1 aliphatic heterocycles. The summed E-state index contributed by atoms with van der Waals surface area (Å²) in [5.74, 6) is -1.01. The second-order valence-electron chi connectivity index (χ2n) is 6.45. The van der Waals surface area contributed by atoms with Crippen LogP contribution in [0.1, 0.15) is 18.0 Å². The van der Waals surface area contributed by atoms with Crippen LogP contribution in [-0.4, -0.2) is 52.8 Å². The number of esters is 1. The Hall–Kier alpha value is -1.94. The third kappa shape index (κ3) is 5.60. The molecule has 2 aromatic rings. The molecule has 0 bridgehead atoms. The largest absolute Gasteiger partial charge is 0.468 e. The zero-order valence-electron chi connectivity index (χ0n) is 16.0. The Bertz CT molecular complexity index is 930. The van der Waals surface area contributed by atoms with Gasteiger partial charge in [0.25, 0.3) is 0 Å². The van der Waals surface area contributed by atoms with E-state index in [1.807, 2.05) is 4.90 Å². The first-order chi connectivity index (χ1) is 14.5. The number of halogens is 2. The fourth-order valence-electron chi connectivity index (χ4n) is 3.20. The number of nitrogens with zero attached hydrogens (tertiary/aromatic N) is 3. The molecule has 3 rings (SSSR count). The molecule has 2 atom stereocenters. The fourth-order valence-corrected chi connectivity index (χ4v) is 5.76. The van der Waals surface area contributed by atoms with Gasteiger partial charge in [0, 0.05) is 23.9 Å². The quantitative estimate of drug-likeness (QED) is 0.260. The summed E-state index contributed by atoms with van der Waals surface area (Å²) < 4.78 is 19.4. The molecule has 30 heavy (non-hydrogen) atoms. The zero-order chi connectivity index (χ0) is 21.5. The first kappa shape index (κ1) is 22.7. The van der Waals surface area contributed by atoms with Crippen LogP contribution < -0.4 is 0 Å². The van der Waals surface area contributed by atoms with E-state index >= 15 is 0 Å². The molecule has 2 unspecified atom stereocenters. The number of carbonyl (C=O) groups excluding carboxylic acids is 2. The molecule has 10 heteroatoms. The van der Waals surface area contributed by atoms with Crippen molar-refractivity contribution in [3.63, 3.8) is 0 Å². The van der Waals surface area contributed by atoms with Crippen molar-refractivity contribution >= 4 is 45.4 Å². The van der Waals surface area contributed by atoms with Gasteiger partial charge in [-0.05, 0) is 47.1 Å². The van der Waals surface area contributed by atoms with Crippen molar-refractivity contribution in [2.75, 3.05) is 20.2 Å².